The van der Waals surface area contributed by atoms with E-state index < -0.39 is 0 Å². The maximum atomic E-state index is 13.3. The van der Waals surface area contributed by atoms with Gasteiger partial charge in [-0.25, -0.2) is 4.39 Å². The summed E-state index contributed by atoms with van der Waals surface area (Å²) in [5, 5.41) is 4.50. The Morgan fingerprint density at radius 1 is 1.10 bits per heavy atom. The van der Waals surface area contributed by atoms with Crippen LogP contribution in [0.25, 0.3) is 10.1 Å². The number of rotatable bonds is 3. The standard InChI is InChI=1S/C16H16FNS2/c1-9-6-13(10(2)19-9)16(18-3)15-7-11-4-5-12(17)8-14(11)20-15/h4-8,16,18H,1-3H3. The molecule has 2 aromatic heterocycles. The highest BCUT2D eigenvalue weighted by atomic mass is 32.1. The van der Waals surface area contributed by atoms with Crippen LogP contribution in [0.1, 0.15) is 26.2 Å². The minimum absolute atomic E-state index is 0.172. The zero-order valence-electron chi connectivity index (χ0n) is 11.7. The Balaban J connectivity index is 2.09. The highest BCUT2D eigenvalue weighted by molar-refractivity contribution is 7.19. The van der Waals surface area contributed by atoms with E-state index in [1.54, 1.807) is 17.4 Å². The van der Waals surface area contributed by atoms with E-state index in [9.17, 15) is 4.39 Å². The van der Waals surface area contributed by atoms with Gasteiger partial charge in [-0.1, -0.05) is 6.07 Å². The number of hydrogen-bond acceptors (Lipinski definition) is 3. The second kappa shape index (κ2) is 5.28. The van der Waals surface area contributed by atoms with Crippen molar-refractivity contribution >= 4 is 32.8 Å². The van der Waals surface area contributed by atoms with Crippen LogP contribution in [0, 0.1) is 19.7 Å². The molecule has 0 saturated heterocycles. The third-order valence-electron chi connectivity index (χ3n) is 3.46. The van der Waals surface area contributed by atoms with Gasteiger partial charge < -0.3 is 5.32 Å². The smallest absolute Gasteiger partial charge is 0.124 e. The Labute approximate surface area is 126 Å². The topological polar surface area (TPSA) is 12.0 Å². The Morgan fingerprint density at radius 3 is 2.55 bits per heavy atom. The fraction of sp³-hybridized carbons (Fsp3) is 0.250. The van der Waals surface area contributed by atoms with Crippen LogP contribution >= 0.6 is 22.7 Å². The highest BCUT2D eigenvalue weighted by Crippen LogP contribution is 2.36. The van der Waals surface area contributed by atoms with Gasteiger partial charge in [0.25, 0.3) is 0 Å². The summed E-state index contributed by atoms with van der Waals surface area (Å²) in [5.41, 5.74) is 1.32. The molecule has 0 saturated carbocycles. The minimum atomic E-state index is -0.172. The summed E-state index contributed by atoms with van der Waals surface area (Å²) >= 11 is 3.48. The molecule has 20 heavy (non-hydrogen) atoms. The number of aryl methyl sites for hydroxylation is 2. The predicted octanol–water partition coefficient (Wildman–Crippen LogP) is 5.03. The molecule has 3 rings (SSSR count). The van der Waals surface area contributed by atoms with Gasteiger partial charge in [-0.15, -0.1) is 22.7 Å². The van der Waals surface area contributed by atoms with Crippen molar-refractivity contribution in [2.45, 2.75) is 19.9 Å². The van der Waals surface area contributed by atoms with E-state index in [0.717, 1.165) is 10.1 Å². The van der Waals surface area contributed by atoms with E-state index in [1.807, 2.05) is 24.5 Å². The van der Waals surface area contributed by atoms with Gasteiger partial charge in [-0.2, -0.15) is 0 Å². The van der Waals surface area contributed by atoms with Crippen molar-refractivity contribution in [2.75, 3.05) is 7.05 Å². The van der Waals surface area contributed by atoms with Crippen molar-refractivity contribution in [2.24, 2.45) is 0 Å². The largest absolute Gasteiger partial charge is 0.309 e. The normalized spacial score (nSPS) is 13.0. The summed E-state index contributed by atoms with van der Waals surface area (Å²) in [5.74, 6) is -0.172. The summed E-state index contributed by atoms with van der Waals surface area (Å²) in [6.07, 6.45) is 0. The second-order valence-corrected chi connectivity index (χ2v) is 7.50. The average Bonchev–Trinajstić information content (AvgIpc) is 2.94. The fourth-order valence-corrected chi connectivity index (χ4v) is 4.74. The van der Waals surface area contributed by atoms with E-state index >= 15 is 0 Å². The van der Waals surface area contributed by atoms with Crippen LogP contribution in [0.15, 0.2) is 30.3 Å². The molecule has 1 nitrogen and oxygen atoms in total. The monoisotopic (exact) mass is 305 g/mol. The first-order valence-corrected chi connectivity index (χ1v) is 8.15. The number of nitrogens with one attached hydrogen (secondary N) is 1. The molecule has 0 aliphatic carbocycles. The number of halogens is 1. The van der Waals surface area contributed by atoms with E-state index in [-0.39, 0.29) is 11.9 Å². The van der Waals surface area contributed by atoms with Crippen LogP contribution in [-0.2, 0) is 0 Å². The van der Waals surface area contributed by atoms with Gasteiger partial charge in [-0.05, 0) is 56.1 Å². The number of benzene rings is 1. The van der Waals surface area contributed by atoms with Crippen molar-refractivity contribution in [1.82, 2.24) is 5.32 Å². The molecule has 3 aromatic rings. The predicted molar refractivity (Wildman–Crippen MR) is 86.5 cm³/mol. The van der Waals surface area contributed by atoms with Crippen LogP contribution in [0.5, 0.6) is 0 Å². The van der Waals surface area contributed by atoms with E-state index in [0.29, 0.717) is 0 Å². The molecule has 0 amide bonds. The van der Waals surface area contributed by atoms with E-state index in [2.05, 4.69) is 31.3 Å². The van der Waals surface area contributed by atoms with Crippen LogP contribution in [0.4, 0.5) is 4.39 Å². The lowest BCUT2D eigenvalue weighted by Crippen LogP contribution is -2.16. The molecule has 2 heterocycles. The molecule has 0 aliphatic rings. The van der Waals surface area contributed by atoms with Crippen molar-refractivity contribution in [1.29, 1.82) is 0 Å². The summed E-state index contributed by atoms with van der Waals surface area (Å²) in [7, 11) is 1.97. The van der Waals surface area contributed by atoms with Crippen molar-refractivity contribution in [3.8, 4) is 0 Å². The number of fused-ring (bicyclic) bond motifs is 1. The molecule has 0 fully saturated rings. The summed E-state index contributed by atoms with van der Waals surface area (Å²) in [6, 6.07) is 9.57. The first-order valence-electron chi connectivity index (χ1n) is 6.51. The minimum Gasteiger partial charge on any atom is -0.309 e. The van der Waals surface area contributed by atoms with E-state index in [4.69, 9.17) is 0 Å². The van der Waals surface area contributed by atoms with Crippen LogP contribution in [-0.4, -0.2) is 7.05 Å². The van der Waals surface area contributed by atoms with Gasteiger partial charge >= 0.3 is 0 Å². The number of thiophene rings is 2. The molecule has 1 N–H and O–H groups in total. The molecule has 0 spiro atoms. The molecular formula is C16H16FNS2. The second-order valence-electron chi connectivity index (χ2n) is 4.92. The molecule has 1 unspecified atom stereocenters. The van der Waals surface area contributed by atoms with E-state index in [1.165, 1.54) is 26.3 Å². The quantitative estimate of drug-likeness (QED) is 0.716. The Bertz CT molecular complexity index is 757. The Kier molecular flexibility index (Phi) is 3.63. The first kappa shape index (κ1) is 13.7. The lowest BCUT2D eigenvalue weighted by Gasteiger charge is -2.14. The molecule has 1 atom stereocenters. The zero-order valence-corrected chi connectivity index (χ0v) is 13.3. The third-order valence-corrected chi connectivity index (χ3v) is 5.61. The van der Waals surface area contributed by atoms with Gasteiger partial charge in [0.2, 0.25) is 0 Å². The first-order chi connectivity index (χ1) is 9.58. The third kappa shape index (κ3) is 2.39. The van der Waals surface area contributed by atoms with Crippen LogP contribution in [0.2, 0.25) is 0 Å². The van der Waals surface area contributed by atoms with Crippen molar-refractivity contribution in [3.63, 3.8) is 0 Å². The zero-order chi connectivity index (χ0) is 14.3. The van der Waals surface area contributed by atoms with Crippen molar-refractivity contribution in [3.05, 3.63) is 56.3 Å². The maximum absolute atomic E-state index is 13.3. The Hall–Kier alpha value is -1.23. The van der Waals surface area contributed by atoms with Crippen molar-refractivity contribution < 1.29 is 4.39 Å². The summed E-state index contributed by atoms with van der Waals surface area (Å²) in [6.45, 7) is 4.29. The lowest BCUT2D eigenvalue weighted by molar-refractivity contribution is 0.630. The van der Waals surface area contributed by atoms with Gasteiger partial charge in [0.05, 0.1) is 6.04 Å². The maximum Gasteiger partial charge on any atom is 0.124 e. The fourth-order valence-electron chi connectivity index (χ4n) is 2.56. The molecule has 0 aliphatic heterocycles. The molecule has 0 radical (unpaired) electrons. The average molecular weight is 305 g/mol. The molecule has 104 valence electrons. The summed E-state index contributed by atoms with van der Waals surface area (Å²) in [4.78, 5) is 3.89. The van der Waals surface area contributed by atoms with Crippen LogP contribution in [0.3, 0.4) is 0 Å². The van der Waals surface area contributed by atoms with Crippen LogP contribution < -0.4 is 5.32 Å². The van der Waals surface area contributed by atoms with Gasteiger partial charge in [0.15, 0.2) is 0 Å². The van der Waals surface area contributed by atoms with Gasteiger partial charge in [0, 0.05) is 19.3 Å². The van der Waals surface area contributed by atoms with Gasteiger partial charge in [0.1, 0.15) is 5.82 Å². The lowest BCUT2D eigenvalue weighted by atomic mass is 10.1. The highest BCUT2D eigenvalue weighted by Gasteiger charge is 2.18. The van der Waals surface area contributed by atoms with Gasteiger partial charge in [-0.3, -0.25) is 0 Å². The number of hydrogen-bond donors (Lipinski definition) is 1. The molecule has 4 heteroatoms. The Morgan fingerprint density at radius 2 is 1.90 bits per heavy atom. The molecule has 0 bridgehead atoms. The molecule has 1 aromatic carbocycles. The SMILES string of the molecule is CNC(c1cc2ccc(F)cc2s1)c1cc(C)sc1C. The summed E-state index contributed by atoms with van der Waals surface area (Å²) < 4.78 is 14.3. The molecular weight excluding hydrogens is 289 g/mol.